The fourth-order valence-electron chi connectivity index (χ4n) is 5.29. The third kappa shape index (κ3) is 5.61. The van der Waals surface area contributed by atoms with Gasteiger partial charge in [-0.25, -0.2) is 0 Å². The van der Waals surface area contributed by atoms with E-state index in [9.17, 15) is 18.0 Å². The van der Waals surface area contributed by atoms with Crippen LogP contribution in [0.2, 0.25) is 5.02 Å². The van der Waals surface area contributed by atoms with Gasteiger partial charge < -0.3 is 20.1 Å². The highest BCUT2D eigenvalue weighted by Crippen LogP contribution is 2.45. The Bertz CT molecular complexity index is 1650. The minimum Gasteiger partial charge on any atom is -0.351 e. The molecule has 42 heavy (non-hydrogen) atoms. The smallest absolute Gasteiger partial charge is 0.351 e. The number of thiocarbonyl (C=S) groups is 1. The summed E-state index contributed by atoms with van der Waals surface area (Å²) in [4.78, 5) is 18.8. The van der Waals surface area contributed by atoms with Crippen LogP contribution >= 0.6 is 23.8 Å². The van der Waals surface area contributed by atoms with E-state index in [4.69, 9.17) is 23.8 Å². The molecule has 2 atom stereocenters. The van der Waals surface area contributed by atoms with E-state index in [1.165, 1.54) is 6.07 Å². The molecule has 1 aliphatic rings. The van der Waals surface area contributed by atoms with Crippen LogP contribution in [0.25, 0.3) is 5.69 Å². The fraction of sp³-hybridized carbons (Fsp3) is 0.258. The van der Waals surface area contributed by atoms with Crippen molar-refractivity contribution >= 4 is 46.2 Å². The predicted octanol–water partition coefficient (Wildman–Crippen LogP) is 7.93. The van der Waals surface area contributed by atoms with Crippen molar-refractivity contribution in [3.8, 4) is 5.69 Å². The van der Waals surface area contributed by atoms with Crippen molar-refractivity contribution in [3.05, 3.63) is 106 Å². The van der Waals surface area contributed by atoms with Crippen LogP contribution in [0.5, 0.6) is 0 Å². The molecule has 218 valence electrons. The molecule has 11 heteroatoms. The van der Waals surface area contributed by atoms with Crippen LogP contribution in [0, 0.1) is 19.8 Å². The molecule has 3 heterocycles. The second-order valence-electron chi connectivity index (χ2n) is 10.5. The molecule has 4 aromatic rings. The Labute approximate surface area is 252 Å². The molecule has 2 aromatic heterocycles. The summed E-state index contributed by atoms with van der Waals surface area (Å²) in [5, 5.41) is 7.02. The first-order valence-corrected chi connectivity index (χ1v) is 14.1. The molecular formula is C31H29ClF3N5OS. The normalized spacial score (nSPS) is 17.1. The zero-order valence-corrected chi connectivity index (χ0v) is 24.9. The number of aryl methyl sites for hydroxylation is 1. The van der Waals surface area contributed by atoms with Gasteiger partial charge in [-0.1, -0.05) is 37.6 Å². The average Bonchev–Trinajstić information content (AvgIpc) is 3.44. The Morgan fingerprint density at radius 1 is 1.05 bits per heavy atom. The predicted molar refractivity (Wildman–Crippen MR) is 163 cm³/mol. The van der Waals surface area contributed by atoms with Gasteiger partial charge in [-0.15, -0.1) is 0 Å². The van der Waals surface area contributed by atoms with Crippen LogP contribution in [-0.4, -0.2) is 20.6 Å². The average molecular weight is 612 g/mol. The number of benzene rings is 2. The van der Waals surface area contributed by atoms with E-state index < -0.39 is 17.8 Å². The van der Waals surface area contributed by atoms with Crippen molar-refractivity contribution in [1.29, 1.82) is 0 Å². The molecule has 2 aromatic carbocycles. The van der Waals surface area contributed by atoms with E-state index in [0.717, 1.165) is 34.8 Å². The molecule has 2 N–H and O–H groups in total. The van der Waals surface area contributed by atoms with Crippen LogP contribution < -0.4 is 15.5 Å². The lowest BCUT2D eigenvalue weighted by atomic mass is 9.96. The summed E-state index contributed by atoms with van der Waals surface area (Å²) in [6, 6.07) is 17.4. The summed E-state index contributed by atoms with van der Waals surface area (Å²) >= 11 is 12.5. The first-order valence-electron chi connectivity index (χ1n) is 13.3. The molecule has 0 spiro atoms. The van der Waals surface area contributed by atoms with Gasteiger partial charge in [0, 0.05) is 34.9 Å². The van der Waals surface area contributed by atoms with E-state index in [1.54, 1.807) is 38.2 Å². The van der Waals surface area contributed by atoms with E-state index in [1.807, 2.05) is 53.6 Å². The Morgan fingerprint density at radius 2 is 1.81 bits per heavy atom. The van der Waals surface area contributed by atoms with Gasteiger partial charge >= 0.3 is 6.18 Å². The molecule has 1 fully saturated rings. The largest absolute Gasteiger partial charge is 0.416 e. The monoisotopic (exact) mass is 611 g/mol. The summed E-state index contributed by atoms with van der Waals surface area (Å²) in [6.07, 6.45) is -2.76. The number of aromatic nitrogens is 2. The topological polar surface area (TPSA) is 62.2 Å². The first-order chi connectivity index (χ1) is 19.9. The number of nitrogens with one attached hydrogen (secondary N) is 2. The molecule has 1 amide bonds. The maximum Gasteiger partial charge on any atom is 0.416 e. The van der Waals surface area contributed by atoms with Crippen LogP contribution in [0.15, 0.2) is 72.9 Å². The highest BCUT2D eigenvalue weighted by atomic mass is 35.5. The molecule has 5 rings (SSSR count). The molecule has 0 radical (unpaired) electrons. The highest BCUT2D eigenvalue weighted by Gasteiger charge is 2.42. The number of hydrogen-bond acceptors (Lipinski definition) is 3. The van der Waals surface area contributed by atoms with Gasteiger partial charge in [0.1, 0.15) is 0 Å². The van der Waals surface area contributed by atoms with Gasteiger partial charge in [0.05, 0.1) is 34.1 Å². The molecule has 0 bridgehead atoms. The summed E-state index contributed by atoms with van der Waals surface area (Å²) in [5.41, 5.74) is 4.01. The van der Waals surface area contributed by atoms with Gasteiger partial charge in [0.2, 0.25) is 5.91 Å². The molecule has 0 saturated carbocycles. The molecule has 1 saturated heterocycles. The number of alkyl halides is 3. The number of nitrogens with zero attached hydrogens (tertiary/aromatic N) is 3. The number of halogens is 4. The number of anilines is 2. The van der Waals surface area contributed by atoms with Crippen LogP contribution in [0.3, 0.4) is 0 Å². The number of amides is 1. The molecule has 2 unspecified atom stereocenters. The lowest BCUT2D eigenvalue weighted by Crippen LogP contribution is -2.29. The van der Waals surface area contributed by atoms with Gasteiger partial charge in [-0.3, -0.25) is 9.78 Å². The zero-order chi connectivity index (χ0) is 30.3. The van der Waals surface area contributed by atoms with Crippen molar-refractivity contribution in [1.82, 2.24) is 14.9 Å². The Morgan fingerprint density at radius 3 is 2.45 bits per heavy atom. The van der Waals surface area contributed by atoms with Gasteiger partial charge in [0.15, 0.2) is 5.11 Å². The number of hydrogen-bond donors (Lipinski definition) is 2. The molecule has 0 aliphatic carbocycles. The second-order valence-corrected chi connectivity index (χ2v) is 11.3. The summed E-state index contributed by atoms with van der Waals surface area (Å²) < 4.78 is 42.5. The van der Waals surface area contributed by atoms with Crippen molar-refractivity contribution in [3.63, 3.8) is 0 Å². The van der Waals surface area contributed by atoms with Crippen molar-refractivity contribution in [2.45, 2.75) is 46.0 Å². The van der Waals surface area contributed by atoms with Crippen molar-refractivity contribution in [2.75, 3.05) is 10.2 Å². The molecule has 1 aliphatic heterocycles. The maximum absolute atomic E-state index is 13.5. The first kappa shape index (κ1) is 29.6. The lowest BCUT2D eigenvalue weighted by molar-refractivity contribution is -0.137. The lowest BCUT2D eigenvalue weighted by Gasteiger charge is -2.28. The minimum absolute atomic E-state index is 0.155. The quantitative estimate of drug-likeness (QED) is 0.217. The standard InChI is InChI=1S/C31H29ClF3N5OS/c1-17(2)29(41)37-25-12-11-22(16-24(25)32)40-28(27(38-30(40)42)26-10-5-6-13-36-26)23-14-18(3)39(19(23)4)21-9-7-8-20(15-21)31(33,34)35/h5-17,27-28H,1-4H3,(H,37,41)(H,38,42). The van der Waals surface area contributed by atoms with Crippen molar-refractivity contribution < 1.29 is 18.0 Å². The highest BCUT2D eigenvalue weighted by molar-refractivity contribution is 7.80. The second kappa shape index (κ2) is 11.4. The Balaban J connectivity index is 1.62. The number of pyridine rings is 1. The summed E-state index contributed by atoms with van der Waals surface area (Å²) in [6.45, 7) is 7.34. The Hall–Kier alpha value is -3.89. The van der Waals surface area contributed by atoms with Gasteiger partial charge in [-0.2, -0.15) is 13.2 Å². The number of rotatable bonds is 6. The summed E-state index contributed by atoms with van der Waals surface area (Å²) in [7, 11) is 0. The maximum atomic E-state index is 13.5. The third-order valence-electron chi connectivity index (χ3n) is 7.33. The number of carbonyl (C=O) groups is 1. The molecule has 6 nitrogen and oxygen atoms in total. The van der Waals surface area contributed by atoms with Gasteiger partial charge in [-0.05, 0) is 86.2 Å². The van der Waals surface area contributed by atoms with Crippen LogP contribution in [-0.2, 0) is 11.0 Å². The van der Waals surface area contributed by atoms with Gasteiger partial charge in [0.25, 0.3) is 0 Å². The van der Waals surface area contributed by atoms with Crippen molar-refractivity contribution in [2.24, 2.45) is 5.92 Å². The Kier molecular flexibility index (Phi) is 8.04. The number of carbonyl (C=O) groups excluding carboxylic acids is 1. The van der Waals surface area contributed by atoms with E-state index in [0.29, 0.717) is 27.2 Å². The minimum atomic E-state index is -4.46. The third-order valence-corrected chi connectivity index (χ3v) is 7.96. The van der Waals surface area contributed by atoms with E-state index >= 15 is 0 Å². The fourth-order valence-corrected chi connectivity index (χ4v) is 5.85. The van der Waals surface area contributed by atoms with E-state index in [-0.39, 0.29) is 17.9 Å². The SMILES string of the molecule is Cc1cc(C2C(c3ccccn3)NC(=S)N2c2ccc(NC(=O)C(C)C)c(Cl)c2)c(C)n1-c1cccc(C(F)(F)F)c1. The molecular weight excluding hydrogens is 583 g/mol. The summed E-state index contributed by atoms with van der Waals surface area (Å²) in [5.74, 6) is -0.371. The van der Waals surface area contributed by atoms with Crippen LogP contribution in [0.4, 0.5) is 24.5 Å². The van der Waals surface area contributed by atoms with Crippen LogP contribution in [0.1, 0.15) is 54.1 Å². The zero-order valence-electron chi connectivity index (χ0n) is 23.3. The van der Waals surface area contributed by atoms with E-state index in [2.05, 4.69) is 15.6 Å².